The molecule has 1 saturated carbocycles. The van der Waals surface area contributed by atoms with E-state index in [1.165, 1.54) is 0 Å². The number of nitrogens with zero attached hydrogens (tertiary/aromatic N) is 4. The van der Waals surface area contributed by atoms with Crippen LogP contribution in [0.3, 0.4) is 0 Å². The second-order valence-electron chi connectivity index (χ2n) is 8.77. The highest BCUT2D eigenvalue weighted by molar-refractivity contribution is 5.94. The van der Waals surface area contributed by atoms with E-state index in [4.69, 9.17) is 4.74 Å². The van der Waals surface area contributed by atoms with Crippen molar-refractivity contribution in [1.82, 2.24) is 25.0 Å². The van der Waals surface area contributed by atoms with Crippen molar-refractivity contribution in [1.29, 1.82) is 0 Å². The predicted octanol–water partition coefficient (Wildman–Crippen LogP) is 1.76. The topological polar surface area (TPSA) is 89.4 Å². The van der Waals surface area contributed by atoms with E-state index in [0.717, 1.165) is 49.1 Å². The molecule has 1 saturated heterocycles. The zero-order chi connectivity index (χ0) is 20.9. The number of aromatic nitrogens is 3. The number of hydrogen-bond acceptors (Lipinski definition) is 5. The predicted molar refractivity (Wildman–Crippen MR) is 109 cm³/mol. The van der Waals surface area contributed by atoms with Crippen molar-refractivity contribution in [3.05, 3.63) is 46.5 Å². The maximum Gasteiger partial charge on any atom is 0.272 e. The summed E-state index contributed by atoms with van der Waals surface area (Å²) in [5.41, 5.74) is 3.70. The second-order valence-corrected chi connectivity index (χ2v) is 8.77. The molecule has 158 valence electrons. The van der Waals surface area contributed by atoms with Crippen LogP contribution in [-0.4, -0.2) is 56.2 Å². The smallest absolute Gasteiger partial charge is 0.272 e. The van der Waals surface area contributed by atoms with Crippen LogP contribution in [0.2, 0.25) is 0 Å². The Labute approximate surface area is 175 Å². The molecule has 4 heterocycles. The molecule has 1 spiro atoms. The average molecular weight is 409 g/mol. The molecule has 8 heteroatoms. The minimum atomic E-state index is -0.298. The summed E-state index contributed by atoms with van der Waals surface area (Å²) < 4.78 is 8.15. The van der Waals surface area contributed by atoms with Crippen molar-refractivity contribution in [3.63, 3.8) is 0 Å². The maximum absolute atomic E-state index is 12.8. The Kier molecular flexibility index (Phi) is 4.61. The molecule has 1 aliphatic carbocycles. The summed E-state index contributed by atoms with van der Waals surface area (Å²) in [6.07, 6.45) is 6.01. The summed E-state index contributed by atoms with van der Waals surface area (Å²) in [6, 6.07) is 4.00. The Hall–Kier alpha value is -2.74. The van der Waals surface area contributed by atoms with Gasteiger partial charge in [0.05, 0.1) is 17.8 Å². The van der Waals surface area contributed by atoms with Crippen LogP contribution >= 0.6 is 0 Å². The number of pyridine rings is 1. The lowest BCUT2D eigenvalue weighted by atomic mass is 9.83. The number of carbonyl (C=O) groups excluding carboxylic acids is 2. The Morgan fingerprint density at radius 1 is 1.23 bits per heavy atom. The molecule has 3 aliphatic rings. The van der Waals surface area contributed by atoms with Crippen LogP contribution in [0, 0.1) is 6.92 Å². The highest BCUT2D eigenvalue weighted by Crippen LogP contribution is 2.37. The summed E-state index contributed by atoms with van der Waals surface area (Å²) in [7, 11) is 1.90. The normalized spacial score (nSPS) is 20.1. The van der Waals surface area contributed by atoms with Gasteiger partial charge in [-0.2, -0.15) is 5.10 Å². The fourth-order valence-corrected chi connectivity index (χ4v) is 4.44. The molecule has 1 N–H and O–H groups in total. The quantitative estimate of drug-likeness (QED) is 0.835. The van der Waals surface area contributed by atoms with Crippen molar-refractivity contribution in [2.75, 3.05) is 13.1 Å². The number of amides is 2. The van der Waals surface area contributed by atoms with E-state index in [-0.39, 0.29) is 17.4 Å². The van der Waals surface area contributed by atoms with Crippen LogP contribution < -0.4 is 5.32 Å². The highest BCUT2D eigenvalue weighted by atomic mass is 16.5. The minimum Gasteiger partial charge on any atom is -0.370 e. The molecule has 2 aromatic rings. The molecule has 2 fully saturated rings. The molecule has 2 amide bonds. The van der Waals surface area contributed by atoms with E-state index in [2.05, 4.69) is 15.4 Å². The molecular weight excluding hydrogens is 382 g/mol. The Morgan fingerprint density at radius 3 is 2.67 bits per heavy atom. The standard InChI is InChI=1S/C22H27N5O3/c1-14-3-4-15(12-23-14)21(29)27-9-7-22(8-10-27)11-18-17(13-30-22)19(25-26(18)2)20(28)24-16-5-6-16/h3-4,12,16H,5-11,13H2,1-2H3,(H,24,28). The number of carbonyl (C=O) groups is 2. The summed E-state index contributed by atoms with van der Waals surface area (Å²) in [6.45, 7) is 3.60. The number of aryl methyl sites for hydroxylation is 2. The van der Waals surface area contributed by atoms with Gasteiger partial charge in [-0.1, -0.05) is 0 Å². The van der Waals surface area contributed by atoms with Gasteiger partial charge in [0.15, 0.2) is 5.69 Å². The molecule has 0 aromatic carbocycles. The fraction of sp³-hybridized carbons (Fsp3) is 0.545. The first-order chi connectivity index (χ1) is 14.4. The molecule has 0 radical (unpaired) electrons. The molecule has 0 bridgehead atoms. The van der Waals surface area contributed by atoms with Crippen molar-refractivity contribution in [2.24, 2.45) is 7.05 Å². The first kappa shape index (κ1) is 19.2. The van der Waals surface area contributed by atoms with Crippen LogP contribution in [0.15, 0.2) is 18.3 Å². The number of nitrogens with one attached hydrogen (secondary N) is 1. The zero-order valence-electron chi connectivity index (χ0n) is 17.5. The number of hydrogen-bond donors (Lipinski definition) is 1. The molecule has 30 heavy (non-hydrogen) atoms. The Morgan fingerprint density at radius 2 is 2.00 bits per heavy atom. The third-order valence-corrected chi connectivity index (χ3v) is 6.53. The maximum atomic E-state index is 12.8. The third kappa shape index (κ3) is 3.49. The molecule has 2 aliphatic heterocycles. The van der Waals surface area contributed by atoms with Gasteiger partial charge in [-0.25, -0.2) is 0 Å². The van der Waals surface area contributed by atoms with Gasteiger partial charge in [0, 0.05) is 55.7 Å². The van der Waals surface area contributed by atoms with E-state index in [1.54, 1.807) is 6.20 Å². The van der Waals surface area contributed by atoms with Gasteiger partial charge in [-0.15, -0.1) is 0 Å². The number of ether oxygens (including phenoxy) is 1. The number of piperidine rings is 1. The average Bonchev–Trinajstić information content (AvgIpc) is 3.51. The Bertz CT molecular complexity index is 985. The van der Waals surface area contributed by atoms with E-state index in [0.29, 0.717) is 37.0 Å². The molecule has 2 aromatic heterocycles. The molecule has 8 nitrogen and oxygen atoms in total. The van der Waals surface area contributed by atoms with Crippen LogP contribution in [0.1, 0.15) is 63.5 Å². The van der Waals surface area contributed by atoms with Crippen molar-refractivity contribution in [3.8, 4) is 0 Å². The molecule has 0 unspecified atom stereocenters. The largest absolute Gasteiger partial charge is 0.370 e. The first-order valence-corrected chi connectivity index (χ1v) is 10.7. The molecular formula is C22H27N5O3. The van der Waals surface area contributed by atoms with E-state index < -0.39 is 0 Å². The zero-order valence-corrected chi connectivity index (χ0v) is 17.5. The van der Waals surface area contributed by atoms with Crippen LogP contribution in [0.25, 0.3) is 0 Å². The Balaban J connectivity index is 1.27. The molecule has 0 atom stereocenters. The molecule has 5 rings (SSSR count). The monoisotopic (exact) mass is 409 g/mol. The third-order valence-electron chi connectivity index (χ3n) is 6.53. The van der Waals surface area contributed by atoms with Gasteiger partial charge in [-0.3, -0.25) is 19.3 Å². The van der Waals surface area contributed by atoms with Crippen molar-refractivity contribution >= 4 is 11.8 Å². The summed E-state index contributed by atoms with van der Waals surface area (Å²) in [4.78, 5) is 31.4. The van der Waals surface area contributed by atoms with E-state index in [1.807, 2.05) is 35.7 Å². The fourth-order valence-electron chi connectivity index (χ4n) is 4.44. The summed E-state index contributed by atoms with van der Waals surface area (Å²) >= 11 is 0. The van der Waals surface area contributed by atoms with E-state index >= 15 is 0 Å². The highest BCUT2D eigenvalue weighted by Gasteiger charge is 2.42. The lowest BCUT2D eigenvalue weighted by molar-refractivity contribution is -0.0990. The van der Waals surface area contributed by atoms with Gasteiger partial charge in [0.25, 0.3) is 11.8 Å². The number of likely N-dealkylation sites (tertiary alicyclic amines) is 1. The number of fused-ring (bicyclic) bond motifs is 1. The lowest BCUT2D eigenvalue weighted by Crippen LogP contribution is -2.50. The SMILES string of the molecule is Cc1ccc(C(=O)N2CCC3(CC2)Cc2c(c(C(=O)NC4CC4)nn2C)CO3)cn1. The summed E-state index contributed by atoms with van der Waals surface area (Å²) in [5, 5.41) is 7.52. The minimum absolute atomic E-state index is 0.0217. The lowest BCUT2D eigenvalue weighted by Gasteiger charge is -2.43. The van der Waals surface area contributed by atoms with Crippen LogP contribution in [0.4, 0.5) is 0 Å². The van der Waals surface area contributed by atoms with Gasteiger partial charge in [0.2, 0.25) is 0 Å². The summed E-state index contributed by atoms with van der Waals surface area (Å²) in [5.74, 6) is -0.0746. The van der Waals surface area contributed by atoms with Gasteiger partial charge >= 0.3 is 0 Å². The van der Waals surface area contributed by atoms with Gasteiger partial charge in [-0.05, 0) is 44.7 Å². The van der Waals surface area contributed by atoms with Crippen molar-refractivity contribution in [2.45, 2.75) is 57.3 Å². The van der Waals surface area contributed by atoms with E-state index in [9.17, 15) is 9.59 Å². The van der Waals surface area contributed by atoms with Gasteiger partial charge < -0.3 is 15.0 Å². The van der Waals surface area contributed by atoms with Crippen LogP contribution in [0.5, 0.6) is 0 Å². The van der Waals surface area contributed by atoms with Crippen molar-refractivity contribution < 1.29 is 14.3 Å². The second kappa shape index (κ2) is 7.19. The van der Waals surface area contributed by atoms with Gasteiger partial charge in [0.1, 0.15) is 0 Å². The first-order valence-electron chi connectivity index (χ1n) is 10.7. The van der Waals surface area contributed by atoms with Crippen LogP contribution in [-0.2, 0) is 24.8 Å². The number of rotatable bonds is 3.